The van der Waals surface area contributed by atoms with E-state index in [4.69, 9.17) is 9.84 Å². The summed E-state index contributed by atoms with van der Waals surface area (Å²) in [6.07, 6.45) is 2.41. The number of carbonyl (C=O) groups excluding carboxylic acids is 1. The second-order valence-corrected chi connectivity index (χ2v) is 3.29. The van der Waals surface area contributed by atoms with Crippen molar-refractivity contribution in [2.45, 2.75) is 27.2 Å². The first-order chi connectivity index (χ1) is 6.11. The van der Waals surface area contributed by atoms with E-state index in [2.05, 4.69) is 0 Å². The number of aliphatic hydroxyl groups is 1. The van der Waals surface area contributed by atoms with Crippen molar-refractivity contribution < 1.29 is 14.6 Å². The average molecular weight is 186 g/mol. The highest BCUT2D eigenvalue weighted by molar-refractivity contribution is 5.88. The molecule has 0 spiro atoms. The van der Waals surface area contributed by atoms with Gasteiger partial charge in [0.15, 0.2) is 0 Å². The van der Waals surface area contributed by atoms with Crippen LogP contribution in [0, 0.1) is 5.92 Å². The summed E-state index contributed by atoms with van der Waals surface area (Å²) >= 11 is 0. The maximum atomic E-state index is 11.2. The normalized spacial score (nSPS) is 11.9. The molecule has 0 amide bonds. The fourth-order valence-corrected chi connectivity index (χ4v) is 0.794. The van der Waals surface area contributed by atoms with E-state index in [1.165, 1.54) is 0 Å². The molecule has 13 heavy (non-hydrogen) atoms. The Morgan fingerprint density at radius 3 is 2.54 bits per heavy atom. The van der Waals surface area contributed by atoms with Crippen molar-refractivity contribution in [3.63, 3.8) is 0 Å². The second-order valence-electron chi connectivity index (χ2n) is 3.29. The van der Waals surface area contributed by atoms with E-state index in [-0.39, 0.29) is 6.61 Å². The van der Waals surface area contributed by atoms with Crippen LogP contribution in [0.4, 0.5) is 0 Å². The second kappa shape index (κ2) is 6.66. The highest BCUT2D eigenvalue weighted by atomic mass is 16.5. The number of carbonyl (C=O) groups is 1. The number of aliphatic hydroxyl groups excluding tert-OH is 1. The molecule has 0 rings (SSSR count). The first-order valence-corrected chi connectivity index (χ1v) is 4.58. The maximum Gasteiger partial charge on any atom is 0.336 e. The Labute approximate surface area is 79.4 Å². The first kappa shape index (κ1) is 12.2. The van der Waals surface area contributed by atoms with Gasteiger partial charge in [-0.3, -0.25) is 0 Å². The summed E-state index contributed by atoms with van der Waals surface area (Å²) in [5, 5.41) is 8.82. The molecule has 0 aliphatic rings. The van der Waals surface area contributed by atoms with Crippen LogP contribution in [0.1, 0.15) is 27.2 Å². The molecule has 0 saturated carbocycles. The molecule has 3 nitrogen and oxygen atoms in total. The van der Waals surface area contributed by atoms with Gasteiger partial charge in [0, 0.05) is 0 Å². The van der Waals surface area contributed by atoms with Crippen molar-refractivity contribution in [2.75, 3.05) is 13.2 Å². The summed E-state index contributed by atoms with van der Waals surface area (Å²) in [4.78, 5) is 11.2. The van der Waals surface area contributed by atoms with Crippen LogP contribution in [0.25, 0.3) is 0 Å². The molecule has 0 atom stereocenters. The Bertz CT molecular complexity index is 183. The molecule has 0 bridgehead atoms. The van der Waals surface area contributed by atoms with Gasteiger partial charge in [0.1, 0.15) is 0 Å². The van der Waals surface area contributed by atoms with Gasteiger partial charge in [-0.1, -0.05) is 26.8 Å². The number of ether oxygens (including phenoxy) is 1. The molecule has 0 aliphatic carbocycles. The summed E-state index contributed by atoms with van der Waals surface area (Å²) in [6, 6.07) is 0. The minimum atomic E-state index is -0.405. The van der Waals surface area contributed by atoms with Gasteiger partial charge in [-0.15, -0.1) is 0 Å². The molecule has 3 heteroatoms. The van der Waals surface area contributed by atoms with Gasteiger partial charge in [0.2, 0.25) is 0 Å². The monoisotopic (exact) mass is 186 g/mol. The maximum absolute atomic E-state index is 11.2. The van der Waals surface area contributed by atoms with Crippen LogP contribution in [-0.2, 0) is 9.53 Å². The Morgan fingerprint density at radius 1 is 1.54 bits per heavy atom. The Morgan fingerprint density at radius 2 is 2.15 bits per heavy atom. The zero-order valence-electron chi connectivity index (χ0n) is 8.54. The van der Waals surface area contributed by atoms with Crippen molar-refractivity contribution >= 4 is 5.97 Å². The lowest BCUT2D eigenvalue weighted by Crippen LogP contribution is -2.14. The van der Waals surface area contributed by atoms with Gasteiger partial charge in [-0.05, 0) is 12.3 Å². The topological polar surface area (TPSA) is 46.5 Å². The highest BCUT2D eigenvalue weighted by Crippen LogP contribution is 2.01. The molecule has 0 aliphatic heterocycles. The lowest BCUT2D eigenvalue weighted by Gasteiger charge is -2.07. The first-order valence-electron chi connectivity index (χ1n) is 4.58. The summed E-state index contributed by atoms with van der Waals surface area (Å²) in [6.45, 7) is 6.00. The molecule has 0 aromatic heterocycles. The van der Waals surface area contributed by atoms with Crippen molar-refractivity contribution in [1.29, 1.82) is 0 Å². The van der Waals surface area contributed by atoms with Gasteiger partial charge in [0.25, 0.3) is 0 Å². The Hall–Kier alpha value is -0.830. The van der Waals surface area contributed by atoms with E-state index >= 15 is 0 Å². The minimum Gasteiger partial charge on any atom is -0.462 e. The molecular formula is C10H18O3. The molecule has 0 fully saturated rings. The molecule has 0 aromatic rings. The van der Waals surface area contributed by atoms with E-state index in [0.717, 1.165) is 6.42 Å². The molecular weight excluding hydrogens is 168 g/mol. The largest absolute Gasteiger partial charge is 0.462 e. The lowest BCUT2D eigenvalue weighted by atomic mass is 10.2. The summed E-state index contributed by atoms with van der Waals surface area (Å²) < 4.78 is 4.94. The summed E-state index contributed by atoms with van der Waals surface area (Å²) in [7, 11) is 0. The summed E-state index contributed by atoms with van der Waals surface area (Å²) in [5.41, 5.74) is 0.350. The number of hydrogen-bond donors (Lipinski definition) is 1. The Balaban J connectivity index is 4.00. The van der Waals surface area contributed by atoms with Crippen molar-refractivity contribution in [1.82, 2.24) is 0 Å². The molecule has 0 heterocycles. The molecule has 0 radical (unpaired) electrons. The van der Waals surface area contributed by atoms with Crippen LogP contribution in [0.3, 0.4) is 0 Å². The minimum absolute atomic E-state index is 0.245. The number of hydrogen-bond acceptors (Lipinski definition) is 3. The summed E-state index contributed by atoms with van der Waals surface area (Å²) in [5.74, 6) is -0.0800. The third-order valence-electron chi connectivity index (χ3n) is 1.43. The predicted molar refractivity (Wildman–Crippen MR) is 51.3 cm³/mol. The smallest absolute Gasteiger partial charge is 0.336 e. The van der Waals surface area contributed by atoms with Crippen LogP contribution in [0.2, 0.25) is 0 Å². The molecule has 0 saturated heterocycles. The van der Waals surface area contributed by atoms with Gasteiger partial charge >= 0.3 is 5.97 Å². The van der Waals surface area contributed by atoms with Crippen LogP contribution in [-0.4, -0.2) is 24.3 Å². The van der Waals surface area contributed by atoms with E-state index in [1.54, 1.807) is 6.08 Å². The quantitative estimate of drug-likeness (QED) is 0.523. The van der Waals surface area contributed by atoms with Gasteiger partial charge < -0.3 is 9.84 Å². The van der Waals surface area contributed by atoms with Crippen molar-refractivity contribution in [3.05, 3.63) is 11.6 Å². The predicted octanol–water partition coefficient (Wildman–Crippen LogP) is 1.51. The highest BCUT2D eigenvalue weighted by Gasteiger charge is 2.09. The van der Waals surface area contributed by atoms with E-state index in [9.17, 15) is 4.79 Å². The molecule has 0 aromatic carbocycles. The third-order valence-corrected chi connectivity index (χ3v) is 1.43. The average Bonchev–Trinajstić information content (AvgIpc) is 2.10. The molecule has 76 valence electrons. The standard InChI is InChI=1S/C10H18O3/c1-4-5-9(6-11)10(12)13-7-8(2)3/h5,8,11H,4,6-7H2,1-3H3/b9-5-. The molecule has 1 N–H and O–H groups in total. The van der Waals surface area contributed by atoms with Crippen LogP contribution < -0.4 is 0 Å². The zero-order chi connectivity index (χ0) is 10.3. The molecule has 0 unspecified atom stereocenters. The van der Waals surface area contributed by atoms with Crippen molar-refractivity contribution in [3.8, 4) is 0 Å². The van der Waals surface area contributed by atoms with E-state index in [1.807, 2.05) is 20.8 Å². The van der Waals surface area contributed by atoms with Gasteiger partial charge in [0.05, 0.1) is 18.8 Å². The fourth-order valence-electron chi connectivity index (χ4n) is 0.794. The number of esters is 1. The van der Waals surface area contributed by atoms with E-state index in [0.29, 0.717) is 18.1 Å². The third kappa shape index (κ3) is 5.42. The number of allylic oxidation sites excluding steroid dienone is 1. The lowest BCUT2D eigenvalue weighted by molar-refractivity contribution is -0.140. The van der Waals surface area contributed by atoms with Crippen molar-refractivity contribution in [2.24, 2.45) is 5.92 Å². The fraction of sp³-hybridized carbons (Fsp3) is 0.700. The number of rotatable bonds is 5. The van der Waals surface area contributed by atoms with Crippen LogP contribution in [0.15, 0.2) is 11.6 Å². The zero-order valence-corrected chi connectivity index (χ0v) is 8.54. The van der Waals surface area contributed by atoms with E-state index < -0.39 is 5.97 Å². The van der Waals surface area contributed by atoms with Gasteiger partial charge in [-0.25, -0.2) is 4.79 Å². The van der Waals surface area contributed by atoms with Gasteiger partial charge in [-0.2, -0.15) is 0 Å². The Kier molecular flexibility index (Phi) is 6.24. The SMILES string of the molecule is CC/C=C(/CO)C(=O)OCC(C)C. The van der Waals surface area contributed by atoms with Crippen LogP contribution >= 0.6 is 0 Å². The van der Waals surface area contributed by atoms with Crippen LogP contribution in [0.5, 0.6) is 0 Å².